The van der Waals surface area contributed by atoms with E-state index in [9.17, 15) is 9.46 Å². The van der Waals surface area contributed by atoms with Gasteiger partial charge in [0.2, 0.25) is 0 Å². The largest absolute Gasteiger partial charge is 0.755 e. The lowest BCUT2D eigenvalue weighted by Crippen LogP contribution is -2.05. The van der Waals surface area contributed by atoms with Crippen LogP contribution in [0, 0.1) is 0 Å². The molecule has 0 aliphatic carbocycles. The van der Waals surface area contributed by atoms with E-state index in [1.165, 1.54) is 0 Å². The summed E-state index contributed by atoms with van der Waals surface area (Å²) in [6.07, 6.45) is 0. The van der Waals surface area contributed by atoms with Gasteiger partial charge in [0.15, 0.2) is 0 Å². The smallest absolute Gasteiger partial charge is 0.284 e. The lowest BCUT2D eigenvalue weighted by atomic mass is 10.9. The van der Waals surface area contributed by atoms with Crippen molar-refractivity contribution in [1.82, 2.24) is 0 Å². The van der Waals surface area contributed by atoms with E-state index < -0.39 is 7.82 Å². The van der Waals surface area contributed by atoms with Crippen LogP contribution in [0.5, 0.6) is 0 Å². The van der Waals surface area contributed by atoms with Crippen LogP contribution in [0.1, 0.15) is 0 Å². The first-order chi connectivity index (χ1) is 4.12. The minimum absolute atomic E-state index is 0.0759. The van der Waals surface area contributed by atoms with Gasteiger partial charge in [-0.2, -0.15) is 0 Å². The monoisotopic (exact) mass is 193 g/mol. The van der Waals surface area contributed by atoms with Gasteiger partial charge in [0, 0.05) is 5.88 Å². The van der Waals surface area contributed by atoms with Crippen LogP contribution >= 0.6 is 31.3 Å². The number of phosphoric acid groups is 1. The average Bonchev–Trinajstić information content (AvgIpc) is 1.84. The molecule has 0 aliphatic heterocycles. The Morgan fingerprint density at radius 1 is 1.67 bits per heavy atom. The van der Waals surface area contributed by atoms with Crippen molar-refractivity contribution in [2.45, 2.75) is 0 Å². The summed E-state index contributed by atoms with van der Waals surface area (Å²) in [5.41, 5.74) is 0. The summed E-state index contributed by atoms with van der Waals surface area (Å²) in [5, 5.41) is 0. The van der Waals surface area contributed by atoms with Gasteiger partial charge < -0.3 is 9.42 Å². The highest BCUT2D eigenvalue weighted by Gasteiger charge is 2.05. The van der Waals surface area contributed by atoms with Crippen molar-refractivity contribution in [3.05, 3.63) is 0 Å². The number of phosphoric ester groups is 1. The number of hydrogen-bond donors (Lipinski definition) is 0. The van der Waals surface area contributed by atoms with E-state index in [0.717, 1.165) is 0 Å². The van der Waals surface area contributed by atoms with E-state index in [0.29, 0.717) is 0 Å². The van der Waals surface area contributed by atoms with E-state index >= 15 is 0 Å². The summed E-state index contributed by atoms with van der Waals surface area (Å²) in [4.78, 5) is 10.2. The van der Waals surface area contributed by atoms with Crippen molar-refractivity contribution < 1.29 is 18.1 Å². The molecule has 1 atom stereocenters. The SMILES string of the molecule is O=P([O-])(OCl)OCCCl. The second-order valence-corrected chi connectivity index (χ2v) is 3.12. The molecular weight excluding hydrogens is 190 g/mol. The van der Waals surface area contributed by atoms with Crippen molar-refractivity contribution in [3.63, 3.8) is 0 Å². The maximum atomic E-state index is 10.2. The highest BCUT2D eigenvalue weighted by Crippen LogP contribution is 2.39. The van der Waals surface area contributed by atoms with Gasteiger partial charge in [-0.25, -0.2) is 4.08 Å². The Morgan fingerprint density at radius 3 is 2.56 bits per heavy atom. The Morgan fingerprint density at radius 2 is 2.22 bits per heavy atom. The first kappa shape index (κ1) is 9.69. The summed E-state index contributed by atoms with van der Waals surface area (Å²) >= 11 is 9.57. The van der Waals surface area contributed by atoms with Gasteiger partial charge in [0.1, 0.15) is 0 Å². The normalized spacial score (nSPS) is 17.2. The lowest BCUT2D eigenvalue weighted by molar-refractivity contribution is -0.216. The third-order valence-electron chi connectivity index (χ3n) is 0.411. The van der Waals surface area contributed by atoms with Crippen LogP contribution in [0.15, 0.2) is 0 Å². The molecule has 0 radical (unpaired) electrons. The molecule has 0 amide bonds. The van der Waals surface area contributed by atoms with Crippen LogP contribution in [-0.2, 0) is 13.2 Å². The molecule has 0 aromatic heterocycles. The molecule has 0 rings (SSSR count). The second kappa shape index (κ2) is 4.50. The van der Waals surface area contributed by atoms with E-state index in [1.54, 1.807) is 0 Å². The molecule has 0 bridgehead atoms. The van der Waals surface area contributed by atoms with Crippen LogP contribution in [-0.4, -0.2) is 12.5 Å². The molecule has 1 unspecified atom stereocenters. The Kier molecular flexibility index (Phi) is 4.84. The fourth-order valence-electron chi connectivity index (χ4n) is 0.166. The first-order valence-corrected chi connectivity index (χ1v) is 4.24. The third kappa shape index (κ3) is 5.15. The molecule has 0 aromatic rings. The fourth-order valence-corrected chi connectivity index (χ4v) is 0.825. The molecule has 0 saturated carbocycles. The van der Waals surface area contributed by atoms with Crippen LogP contribution in [0.3, 0.4) is 0 Å². The molecule has 7 heteroatoms. The average molecular weight is 194 g/mol. The van der Waals surface area contributed by atoms with E-state index in [1.807, 2.05) is 0 Å². The summed E-state index contributed by atoms with van der Waals surface area (Å²) in [6.45, 7) is -0.130. The lowest BCUT2D eigenvalue weighted by Gasteiger charge is -2.16. The number of rotatable bonds is 4. The van der Waals surface area contributed by atoms with Crippen LogP contribution in [0.25, 0.3) is 0 Å². The van der Waals surface area contributed by atoms with Crippen LogP contribution in [0.2, 0.25) is 0 Å². The summed E-state index contributed by atoms with van der Waals surface area (Å²) in [5.74, 6) is 0.0759. The first-order valence-electron chi connectivity index (χ1n) is 1.94. The number of alkyl halides is 1. The van der Waals surface area contributed by atoms with Gasteiger partial charge in [0.25, 0.3) is 7.82 Å². The molecule has 0 fully saturated rings. The van der Waals surface area contributed by atoms with Crippen molar-refractivity contribution in [2.24, 2.45) is 0 Å². The van der Waals surface area contributed by atoms with Crippen molar-refractivity contribution >= 4 is 31.3 Å². The summed E-state index contributed by atoms with van der Waals surface area (Å²) in [7, 11) is -4.26. The van der Waals surface area contributed by atoms with E-state index in [4.69, 9.17) is 11.6 Å². The van der Waals surface area contributed by atoms with Crippen LogP contribution in [0.4, 0.5) is 0 Å². The zero-order valence-electron chi connectivity index (χ0n) is 4.25. The van der Waals surface area contributed by atoms with Crippen molar-refractivity contribution in [1.29, 1.82) is 0 Å². The third-order valence-corrected chi connectivity index (χ3v) is 1.74. The van der Waals surface area contributed by atoms with Crippen molar-refractivity contribution in [3.8, 4) is 0 Å². The van der Waals surface area contributed by atoms with Crippen molar-refractivity contribution in [2.75, 3.05) is 12.5 Å². The molecule has 0 N–H and O–H groups in total. The maximum Gasteiger partial charge on any atom is 0.284 e. The highest BCUT2D eigenvalue weighted by atomic mass is 35.5. The van der Waals surface area contributed by atoms with Gasteiger partial charge in [-0.15, -0.1) is 11.6 Å². The highest BCUT2D eigenvalue weighted by molar-refractivity contribution is 7.46. The van der Waals surface area contributed by atoms with Gasteiger partial charge in [0.05, 0.1) is 18.5 Å². The predicted octanol–water partition coefficient (Wildman–Crippen LogP) is 0.881. The van der Waals surface area contributed by atoms with Gasteiger partial charge in [-0.3, -0.25) is 4.57 Å². The van der Waals surface area contributed by atoms with Gasteiger partial charge >= 0.3 is 0 Å². The Balaban J connectivity index is 3.46. The Labute approximate surface area is 62.5 Å². The fraction of sp³-hybridized carbons (Fsp3) is 1.00. The van der Waals surface area contributed by atoms with E-state index in [-0.39, 0.29) is 12.5 Å². The molecule has 4 nitrogen and oxygen atoms in total. The molecule has 0 aromatic carbocycles. The van der Waals surface area contributed by atoms with Gasteiger partial charge in [-0.1, -0.05) is 0 Å². The molecule has 0 aliphatic rings. The molecular formula is C2H4Cl2O4P-. The van der Waals surface area contributed by atoms with Crippen LogP contribution < -0.4 is 4.89 Å². The zero-order chi connectivity index (χ0) is 7.33. The minimum atomic E-state index is -4.26. The summed E-state index contributed by atoms with van der Waals surface area (Å²) in [6, 6.07) is 0. The van der Waals surface area contributed by atoms with E-state index in [2.05, 4.69) is 20.5 Å². The molecule has 0 saturated heterocycles. The second-order valence-electron chi connectivity index (χ2n) is 1.04. The standard InChI is InChI=1S/C2H5Cl2O4P/c3-1-2-7-9(5,6)8-4/h1-2H2,(H,5,6)/p-1. The topological polar surface area (TPSA) is 58.6 Å². The molecule has 0 heterocycles. The molecule has 9 heavy (non-hydrogen) atoms. The zero-order valence-corrected chi connectivity index (χ0v) is 6.66. The Hall–Kier alpha value is 0.690. The molecule has 56 valence electrons. The quantitative estimate of drug-likeness (QED) is 0.492. The summed E-state index contributed by atoms with van der Waals surface area (Å²) < 4.78 is 17.6. The predicted molar refractivity (Wildman–Crippen MR) is 31.2 cm³/mol. The minimum Gasteiger partial charge on any atom is -0.755 e. The maximum absolute atomic E-state index is 10.2. The Bertz CT molecular complexity index is 117. The van der Waals surface area contributed by atoms with Gasteiger partial charge in [-0.05, 0) is 0 Å². The number of halogens is 2. The molecule has 0 spiro atoms. The number of hydrogen-bond acceptors (Lipinski definition) is 4.